The summed E-state index contributed by atoms with van der Waals surface area (Å²) < 4.78 is 5.67. The Labute approximate surface area is 176 Å². The lowest BCUT2D eigenvalue weighted by Gasteiger charge is -2.43. The highest BCUT2D eigenvalue weighted by molar-refractivity contribution is 5.83. The molecule has 0 aliphatic carbocycles. The van der Waals surface area contributed by atoms with Crippen molar-refractivity contribution in [1.29, 1.82) is 0 Å². The molecule has 3 aromatic carbocycles. The molecule has 1 atom stereocenters. The fourth-order valence-electron chi connectivity index (χ4n) is 4.66. The second kappa shape index (κ2) is 7.02. The van der Waals surface area contributed by atoms with Crippen LogP contribution in [0.25, 0.3) is 0 Å². The standard InChI is InChI=1S/C25H25N3O2/c1-16-9-8-10-17(2)22(16)28-15-27-20-13-6-5-12-19(20)26-25(27)24(29)23(28)18-11-4-7-14-21(18)30-3/h4-14,23,26,29H,15H2,1-3H3/t23-/m1/s1. The fourth-order valence-corrected chi connectivity index (χ4v) is 4.66. The van der Waals surface area contributed by atoms with E-state index in [0.717, 1.165) is 34.2 Å². The zero-order valence-corrected chi connectivity index (χ0v) is 17.4. The van der Waals surface area contributed by atoms with Gasteiger partial charge in [-0.25, -0.2) is 0 Å². The van der Waals surface area contributed by atoms with Crippen molar-refractivity contribution < 1.29 is 9.84 Å². The number of methoxy groups -OCH3 is 1. The molecule has 3 aromatic rings. The van der Waals surface area contributed by atoms with E-state index in [1.54, 1.807) is 7.11 Å². The smallest absolute Gasteiger partial charge is 0.161 e. The summed E-state index contributed by atoms with van der Waals surface area (Å²) in [6, 6.07) is 22.0. The van der Waals surface area contributed by atoms with E-state index >= 15 is 0 Å². The highest BCUT2D eigenvalue weighted by atomic mass is 16.5. The molecular formula is C25H25N3O2. The molecule has 2 aliphatic rings. The predicted molar refractivity (Wildman–Crippen MR) is 121 cm³/mol. The number of aryl methyl sites for hydroxylation is 2. The van der Waals surface area contributed by atoms with Gasteiger partial charge >= 0.3 is 0 Å². The summed E-state index contributed by atoms with van der Waals surface area (Å²) in [7, 11) is 1.67. The summed E-state index contributed by atoms with van der Waals surface area (Å²) in [4.78, 5) is 4.41. The maximum absolute atomic E-state index is 11.6. The topological polar surface area (TPSA) is 48.0 Å². The van der Waals surface area contributed by atoms with Gasteiger partial charge in [0.2, 0.25) is 0 Å². The molecule has 0 radical (unpaired) electrons. The molecule has 2 aliphatic heterocycles. The third-order valence-electron chi connectivity index (χ3n) is 5.99. The van der Waals surface area contributed by atoms with Crippen LogP contribution < -0.4 is 19.9 Å². The summed E-state index contributed by atoms with van der Waals surface area (Å²) in [6.07, 6.45) is 0. The second-order valence-electron chi connectivity index (χ2n) is 7.80. The van der Waals surface area contributed by atoms with Crippen LogP contribution in [0.2, 0.25) is 0 Å². The third kappa shape index (κ3) is 2.70. The molecule has 0 fully saturated rings. The molecule has 152 valence electrons. The van der Waals surface area contributed by atoms with E-state index in [4.69, 9.17) is 4.74 Å². The van der Waals surface area contributed by atoms with Crippen LogP contribution in [-0.2, 0) is 0 Å². The van der Waals surface area contributed by atoms with Crippen LogP contribution in [0.4, 0.5) is 17.1 Å². The van der Waals surface area contributed by atoms with Crippen LogP contribution in [0.1, 0.15) is 22.7 Å². The van der Waals surface area contributed by atoms with Crippen LogP contribution in [0.5, 0.6) is 5.75 Å². The minimum Gasteiger partial charge on any atom is -0.506 e. The van der Waals surface area contributed by atoms with Gasteiger partial charge in [0, 0.05) is 11.3 Å². The fraction of sp³-hybridized carbons (Fsp3) is 0.200. The quantitative estimate of drug-likeness (QED) is 0.610. The van der Waals surface area contributed by atoms with Gasteiger partial charge < -0.3 is 25.0 Å². The molecule has 0 amide bonds. The maximum Gasteiger partial charge on any atom is 0.161 e. The average molecular weight is 399 g/mol. The van der Waals surface area contributed by atoms with E-state index in [0.29, 0.717) is 6.67 Å². The van der Waals surface area contributed by atoms with Gasteiger partial charge in [-0.05, 0) is 43.2 Å². The first-order chi connectivity index (χ1) is 14.6. The van der Waals surface area contributed by atoms with Crippen molar-refractivity contribution in [3.63, 3.8) is 0 Å². The lowest BCUT2D eigenvalue weighted by molar-refractivity contribution is 0.334. The number of para-hydroxylation sites is 4. The predicted octanol–water partition coefficient (Wildman–Crippen LogP) is 5.49. The van der Waals surface area contributed by atoms with Gasteiger partial charge in [0.05, 0.1) is 25.2 Å². The largest absolute Gasteiger partial charge is 0.506 e. The van der Waals surface area contributed by atoms with E-state index in [-0.39, 0.29) is 11.8 Å². The minimum atomic E-state index is -0.367. The number of hydrogen-bond donors (Lipinski definition) is 2. The van der Waals surface area contributed by atoms with Gasteiger partial charge in [-0.1, -0.05) is 48.5 Å². The lowest BCUT2D eigenvalue weighted by Crippen LogP contribution is -2.46. The van der Waals surface area contributed by atoms with Gasteiger partial charge in [0.1, 0.15) is 11.8 Å². The van der Waals surface area contributed by atoms with Crippen molar-refractivity contribution in [3.8, 4) is 5.75 Å². The molecule has 2 heterocycles. The molecular weight excluding hydrogens is 374 g/mol. The number of benzene rings is 3. The van der Waals surface area contributed by atoms with Crippen molar-refractivity contribution in [3.05, 3.63) is 95.0 Å². The van der Waals surface area contributed by atoms with Crippen LogP contribution >= 0.6 is 0 Å². The van der Waals surface area contributed by atoms with Crippen molar-refractivity contribution >= 4 is 17.1 Å². The molecule has 30 heavy (non-hydrogen) atoms. The first-order valence-corrected chi connectivity index (χ1v) is 10.1. The summed E-state index contributed by atoms with van der Waals surface area (Å²) in [6.45, 7) is 4.85. The summed E-state index contributed by atoms with van der Waals surface area (Å²) in [5.74, 6) is 1.77. The number of rotatable bonds is 3. The Kier molecular flexibility index (Phi) is 4.31. The Balaban J connectivity index is 1.74. The zero-order chi connectivity index (χ0) is 20.8. The molecule has 5 rings (SSSR count). The number of hydrogen-bond acceptors (Lipinski definition) is 5. The summed E-state index contributed by atoms with van der Waals surface area (Å²) in [5, 5.41) is 15.0. The second-order valence-corrected chi connectivity index (χ2v) is 7.80. The molecule has 2 N–H and O–H groups in total. The monoisotopic (exact) mass is 399 g/mol. The number of nitrogens with zero attached hydrogens (tertiary/aromatic N) is 2. The van der Waals surface area contributed by atoms with Crippen molar-refractivity contribution in [1.82, 2.24) is 0 Å². The van der Waals surface area contributed by atoms with E-state index in [2.05, 4.69) is 53.2 Å². The average Bonchev–Trinajstić information content (AvgIpc) is 3.13. The SMILES string of the molecule is COc1ccccc1[C@@H]1C(O)=C2Nc3ccccc3N2CN1c1c(C)cccc1C. The first kappa shape index (κ1) is 18.4. The van der Waals surface area contributed by atoms with Gasteiger partial charge in [-0.15, -0.1) is 0 Å². The van der Waals surface area contributed by atoms with Crippen LogP contribution in [0, 0.1) is 13.8 Å². The molecule has 0 aromatic heterocycles. The Morgan fingerprint density at radius 2 is 1.63 bits per heavy atom. The van der Waals surface area contributed by atoms with Crippen molar-refractivity contribution in [2.45, 2.75) is 19.9 Å². The number of fused-ring (bicyclic) bond motifs is 3. The molecule has 5 nitrogen and oxygen atoms in total. The Hall–Kier alpha value is -3.60. The van der Waals surface area contributed by atoms with Crippen molar-refractivity contribution in [2.75, 3.05) is 28.9 Å². The summed E-state index contributed by atoms with van der Waals surface area (Å²) in [5.41, 5.74) is 6.47. The number of ether oxygens (including phenoxy) is 1. The van der Waals surface area contributed by atoms with Crippen LogP contribution in [0.15, 0.2) is 78.3 Å². The van der Waals surface area contributed by atoms with Gasteiger partial charge in [0.25, 0.3) is 0 Å². The van der Waals surface area contributed by atoms with Crippen LogP contribution in [-0.4, -0.2) is 18.9 Å². The number of anilines is 3. The Morgan fingerprint density at radius 1 is 0.933 bits per heavy atom. The van der Waals surface area contributed by atoms with Gasteiger partial charge in [0.15, 0.2) is 11.6 Å². The van der Waals surface area contributed by atoms with E-state index in [1.807, 2.05) is 42.5 Å². The highest BCUT2D eigenvalue weighted by Gasteiger charge is 2.41. The Morgan fingerprint density at radius 3 is 2.40 bits per heavy atom. The normalized spacial score (nSPS) is 17.5. The number of aliphatic hydroxyl groups excluding tert-OH is 1. The van der Waals surface area contributed by atoms with E-state index in [9.17, 15) is 5.11 Å². The van der Waals surface area contributed by atoms with Crippen molar-refractivity contribution in [2.24, 2.45) is 0 Å². The highest BCUT2D eigenvalue weighted by Crippen LogP contribution is 2.47. The zero-order valence-electron chi connectivity index (χ0n) is 17.4. The molecule has 0 bridgehead atoms. The number of nitrogens with one attached hydrogen (secondary N) is 1. The molecule has 5 heteroatoms. The first-order valence-electron chi connectivity index (χ1n) is 10.1. The third-order valence-corrected chi connectivity index (χ3v) is 5.99. The molecule has 0 unspecified atom stereocenters. The van der Waals surface area contributed by atoms with Gasteiger partial charge in [-0.2, -0.15) is 0 Å². The minimum absolute atomic E-state index is 0.282. The Bertz CT molecular complexity index is 1130. The molecule has 0 saturated carbocycles. The van der Waals surface area contributed by atoms with E-state index < -0.39 is 0 Å². The molecule has 0 saturated heterocycles. The number of aliphatic hydroxyl groups is 1. The molecule has 0 spiro atoms. The maximum atomic E-state index is 11.6. The van der Waals surface area contributed by atoms with E-state index in [1.165, 1.54) is 11.1 Å². The van der Waals surface area contributed by atoms with Gasteiger partial charge in [-0.3, -0.25) is 0 Å². The lowest BCUT2D eigenvalue weighted by atomic mass is 9.97. The summed E-state index contributed by atoms with van der Waals surface area (Å²) >= 11 is 0. The van der Waals surface area contributed by atoms with Crippen LogP contribution in [0.3, 0.4) is 0 Å².